The topological polar surface area (TPSA) is 67.6 Å². The second kappa shape index (κ2) is 6.58. The molecule has 1 fully saturated rings. The fourth-order valence-electron chi connectivity index (χ4n) is 2.67. The van der Waals surface area contributed by atoms with E-state index in [1.54, 1.807) is 16.6 Å². The summed E-state index contributed by atoms with van der Waals surface area (Å²) in [4.78, 5) is 14.2. The summed E-state index contributed by atoms with van der Waals surface area (Å²) in [6.07, 6.45) is 1.94. The third kappa shape index (κ3) is 3.63. The number of aliphatic hydroxyl groups is 1. The lowest BCUT2D eigenvalue weighted by Gasteiger charge is -2.35. The molecule has 2 rings (SSSR count). The number of carbonyl (C=O) groups excluding carboxylic acids is 1. The summed E-state index contributed by atoms with van der Waals surface area (Å²) in [5.74, 6) is -0.0935. The maximum Gasteiger partial charge on any atom is 0.271 e. The number of amides is 1. The molecular formula is C15H25N3O3. The van der Waals surface area contributed by atoms with Crippen LogP contribution < -0.4 is 0 Å². The Balaban J connectivity index is 2.09. The Kier molecular flexibility index (Phi) is 5.00. The Morgan fingerprint density at radius 2 is 2.14 bits per heavy atom. The Bertz CT molecular complexity index is 492. The molecule has 21 heavy (non-hydrogen) atoms. The summed E-state index contributed by atoms with van der Waals surface area (Å²) in [5, 5.41) is 14.9. The minimum Gasteiger partial charge on any atom is -0.388 e. The molecule has 1 N–H and O–H groups in total. The van der Waals surface area contributed by atoms with Crippen LogP contribution in [0.3, 0.4) is 0 Å². The van der Waals surface area contributed by atoms with Crippen LogP contribution in [0.15, 0.2) is 6.07 Å². The average Bonchev–Trinajstić information content (AvgIpc) is 2.90. The highest BCUT2D eigenvalue weighted by Crippen LogP contribution is 2.22. The van der Waals surface area contributed by atoms with E-state index in [4.69, 9.17) is 4.74 Å². The first kappa shape index (κ1) is 16.0. The van der Waals surface area contributed by atoms with Gasteiger partial charge in [0.1, 0.15) is 5.69 Å². The molecule has 118 valence electrons. The van der Waals surface area contributed by atoms with E-state index >= 15 is 0 Å². The maximum atomic E-state index is 12.6. The van der Waals surface area contributed by atoms with Crippen molar-refractivity contribution in [2.45, 2.75) is 45.3 Å². The molecule has 1 aromatic heterocycles. The second-order valence-corrected chi connectivity index (χ2v) is 5.69. The van der Waals surface area contributed by atoms with Gasteiger partial charge in [-0.05, 0) is 19.4 Å². The standard InChI is InChI=1S/C15H25N3O3/c1-4-12-10-13(18(5-2)16-12)14(19)17(3)11-15(20)6-8-21-9-7-15/h10,20H,4-9,11H2,1-3H3. The molecule has 1 aromatic rings. The van der Waals surface area contributed by atoms with Gasteiger partial charge in [0.25, 0.3) is 5.91 Å². The fourth-order valence-corrected chi connectivity index (χ4v) is 2.67. The highest BCUT2D eigenvalue weighted by Gasteiger charge is 2.33. The van der Waals surface area contributed by atoms with Crippen molar-refractivity contribution >= 4 is 5.91 Å². The van der Waals surface area contributed by atoms with Gasteiger partial charge in [0, 0.05) is 46.2 Å². The third-order valence-corrected chi connectivity index (χ3v) is 4.01. The van der Waals surface area contributed by atoms with E-state index in [0.717, 1.165) is 12.1 Å². The molecule has 0 saturated carbocycles. The minimum atomic E-state index is -0.840. The van der Waals surface area contributed by atoms with Gasteiger partial charge < -0.3 is 14.7 Å². The summed E-state index contributed by atoms with van der Waals surface area (Å²) in [7, 11) is 1.73. The molecule has 0 atom stereocenters. The van der Waals surface area contributed by atoms with Crippen molar-refractivity contribution in [1.82, 2.24) is 14.7 Å². The molecule has 1 amide bonds. The first-order valence-electron chi connectivity index (χ1n) is 7.61. The highest BCUT2D eigenvalue weighted by molar-refractivity contribution is 5.92. The molecule has 1 aliphatic rings. The van der Waals surface area contributed by atoms with Crippen LogP contribution in [0.1, 0.15) is 42.9 Å². The summed E-state index contributed by atoms with van der Waals surface area (Å²) in [5.41, 5.74) is 0.665. The number of hydrogen-bond donors (Lipinski definition) is 1. The first-order valence-corrected chi connectivity index (χ1v) is 7.61. The lowest BCUT2D eigenvalue weighted by atomic mass is 9.94. The number of aryl methyl sites for hydroxylation is 2. The zero-order chi connectivity index (χ0) is 15.5. The van der Waals surface area contributed by atoms with E-state index in [-0.39, 0.29) is 5.91 Å². The number of rotatable bonds is 5. The van der Waals surface area contributed by atoms with Gasteiger partial charge in [-0.1, -0.05) is 6.92 Å². The Labute approximate surface area is 125 Å². The van der Waals surface area contributed by atoms with Crippen LogP contribution in [0.25, 0.3) is 0 Å². The van der Waals surface area contributed by atoms with Crippen LogP contribution in [-0.4, -0.2) is 58.1 Å². The molecule has 0 spiro atoms. The van der Waals surface area contributed by atoms with Crippen molar-refractivity contribution in [3.05, 3.63) is 17.5 Å². The predicted octanol–water partition coefficient (Wildman–Crippen LogP) is 1.08. The second-order valence-electron chi connectivity index (χ2n) is 5.69. The molecule has 0 unspecified atom stereocenters. The number of ether oxygens (including phenoxy) is 1. The number of aromatic nitrogens is 2. The summed E-state index contributed by atoms with van der Waals surface area (Å²) < 4.78 is 7.00. The summed E-state index contributed by atoms with van der Waals surface area (Å²) >= 11 is 0. The average molecular weight is 295 g/mol. The monoisotopic (exact) mass is 295 g/mol. The molecule has 0 aliphatic carbocycles. The van der Waals surface area contributed by atoms with Gasteiger partial charge >= 0.3 is 0 Å². The van der Waals surface area contributed by atoms with E-state index in [1.165, 1.54) is 0 Å². The van der Waals surface area contributed by atoms with Gasteiger partial charge in [-0.2, -0.15) is 5.10 Å². The van der Waals surface area contributed by atoms with Crippen LogP contribution in [0.4, 0.5) is 0 Å². The molecule has 0 radical (unpaired) electrons. The van der Waals surface area contributed by atoms with Crippen molar-refractivity contribution in [3.63, 3.8) is 0 Å². The van der Waals surface area contributed by atoms with Gasteiger partial charge in [0.05, 0.1) is 11.3 Å². The summed E-state index contributed by atoms with van der Waals surface area (Å²) in [6, 6.07) is 1.84. The predicted molar refractivity (Wildman–Crippen MR) is 79.2 cm³/mol. The zero-order valence-corrected chi connectivity index (χ0v) is 13.1. The highest BCUT2D eigenvalue weighted by atomic mass is 16.5. The Hall–Kier alpha value is -1.40. The van der Waals surface area contributed by atoms with Crippen LogP contribution in [0.5, 0.6) is 0 Å². The van der Waals surface area contributed by atoms with Gasteiger partial charge in [0.15, 0.2) is 0 Å². The number of carbonyl (C=O) groups is 1. The van der Waals surface area contributed by atoms with Gasteiger partial charge in [-0.3, -0.25) is 9.48 Å². The quantitative estimate of drug-likeness (QED) is 0.882. The Morgan fingerprint density at radius 1 is 1.48 bits per heavy atom. The SMILES string of the molecule is CCc1cc(C(=O)N(C)CC2(O)CCOCC2)n(CC)n1. The van der Waals surface area contributed by atoms with Crippen molar-refractivity contribution in [1.29, 1.82) is 0 Å². The van der Waals surface area contributed by atoms with Gasteiger partial charge in [-0.25, -0.2) is 0 Å². The molecule has 6 heteroatoms. The molecule has 0 bridgehead atoms. The van der Waals surface area contributed by atoms with E-state index in [9.17, 15) is 9.90 Å². The fraction of sp³-hybridized carbons (Fsp3) is 0.733. The smallest absolute Gasteiger partial charge is 0.271 e. The molecule has 0 aromatic carbocycles. The normalized spacial score (nSPS) is 17.7. The maximum absolute atomic E-state index is 12.6. The van der Waals surface area contributed by atoms with Crippen molar-refractivity contribution in [3.8, 4) is 0 Å². The largest absolute Gasteiger partial charge is 0.388 e. The molecule has 6 nitrogen and oxygen atoms in total. The number of nitrogens with zero attached hydrogens (tertiary/aromatic N) is 3. The lowest BCUT2D eigenvalue weighted by Crippen LogP contribution is -2.47. The van der Waals surface area contributed by atoms with Crippen molar-refractivity contribution in [2.75, 3.05) is 26.8 Å². The van der Waals surface area contributed by atoms with E-state index < -0.39 is 5.60 Å². The molecule has 1 aliphatic heterocycles. The van der Waals surface area contributed by atoms with Crippen LogP contribution >= 0.6 is 0 Å². The van der Waals surface area contributed by atoms with E-state index in [0.29, 0.717) is 44.8 Å². The van der Waals surface area contributed by atoms with E-state index in [2.05, 4.69) is 5.10 Å². The lowest BCUT2D eigenvalue weighted by molar-refractivity contribution is -0.0735. The van der Waals surface area contributed by atoms with Gasteiger partial charge in [-0.15, -0.1) is 0 Å². The van der Waals surface area contributed by atoms with Gasteiger partial charge in [0.2, 0.25) is 0 Å². The van der Waals surface area contributed by atoms with Crippen molar-refractivity contribution in [2.24, 2.45) is 0 Å². The molecule has 1 saturated heterocycles. The van der Waals surface area contributed by atoms with Crippen LogP contribution in [0, 0.1) is 0 Å². The summed E-state index contributed by atoms with van der Waals surface area (Å²) in [6.45, 7) is 6.07. The molecule has 2 heterocycles. The zero-order valence-electron chi connectivity index (χ0n) is 13.1. The number of hydrogen-bond acceptors (Lipinski definition) is 4. The van der Waals surface area contributed by atoms with Crippen LogP contribution in [-0.2, 0) is 17.7 Å². The molecular weight excluding hydrogens is 270 g/mol. The Morgan fingerprint density at radius 3 is 2.71 bits per heavy atom. The van der Waals surface area contributed by atoms with Crippen LogP contribution in [0.2, 0.25) is 0 Å². The van der Waals surface area contributed by atoms with E-state index in [1.807, 2.05) is 19.9 Å². The minimum absolute atomic E-state index is 0.0935. The first-order chi connectivity index (χ1) is 9.99. The van der Waals surface area contributed by atoms with Crippen molar-refractivity contribution < 1.29 is 14.6 Å². The third-order valence-electron chi connectivity index (χ3n) is 4.01. The number of likely N-dealkylation sites (N-methyl/N-ethyl adjacent to an activating group) is 1.